The summed E-state index contributed by atoms with van der Waals surface area (Å²) >= 11 is 1.91. The molecule has 4 unspecified atom stereocenters. The molecule has 342 valence electrons. The predicted octanol–water partition coefficient (Wildman–Crippen LogP) is 0.255. The normalized spacial score (nSPS) is 19.0. The topological polar surface area (TPSA) is 365 Å². The molecule has 0 aromatic heterocycles. The van der Waals surface area contributed by atoms with Crippen molar-refractivity contribution in [1.82, 2.24) is 37.0 Å². The van der Waals surface area contributed by atoms with Crippen molar-refractivity contribution in [2.75, 3.05) is 25.4 Å². The minimum absolute atomic E-state index is 0.00199. The van der Waals surface area contributed by atoms with Crippen molar-refractivity contribution in [2.24, 2.45) is 0 Å². The van der Waals surface area contributed by atoms with Gasteiger partial charge in [-0.2, -0.15) is 11.8 Å². The van der Waals surface area contributed by atoms with Gasteiger partial charge in [0.25, 0.3) is 0 Å². The van der Waals surface area contributed by atoms with Gasteiger partial charge in [0.1, 0.15) is 12.1 Å². The van der Waals surface area contributed by atoms with Crippen LogP contribution in [0.4, 0.5) is 4.79 Å². The molecule has 2 fully saturated rings. The van der Waals surface area contributed by atoms with Gasteiger partial charge < -0.3 is 57.2 Å². The smallest absolute Gasteiger partial charge is 0.403 e. The Morgan fingerprint density at radius 1 is 0.717 bits per heavy atom. The number of carboxylic acids is 4. The van der Waals surface area contributed by atoms with Crippen LogP contribution in [-0.2, 0) is 47.4 Å². The van der Waals surface area contributed by atoms with Gasteiger partial charge in [-0.25, -0.2) is 24.0 Å². The number of carbonyl (C=O) groups is 9. The van der Waals surface area contributed by atoms with Gasteiger partial charge in [-0.15, -0.1) is 0 Å². The Kier molecular flexibility index (Phi) is 25.7. The summed E-state index contributed by atoms with van der Waals surface area (Å²) in [6.07, 6.45) is 3.21. The van der Waals surface area contributed by atoms with Crippen molar-refractivity contribution in [3.63, 3.8) is 0 Å². The molecule has 60 heavy (non-hydrogen) atoms. The van der Waals surface area contributed by atoms with Gasteiger partial charge in [0.05, 0.1) is 18.7 Å². The third-order valence-electron chi connectivity index (χ3n) is 8.98. The summed E-state index contributed by atoms with van der Waals surface area (Å²) < 4.78 is 16.8. The van der Waals surface area contributed by atoms with Crippen LogP contribution in [0.2, 0.25) is 0 Å². The van der Waals surface area contributed by atoms with E-state index in [4.69, 9.17) is 10.2 Å². The lowest BCUT2D eigenvalue weighted by Gasteiger charge is -2.21. The Labute approximate surface area is 351 Å². The van der Waals surface area contributed by atoms with E-state index < -0.39 is 93.9 Å². The van der Waals surface area contributed by atoms with Crippen molar-refractivity contribution in [2.45, 2.75) is 139 Å². The maximum atomic E-state index is 12.3. The maximum Gasteiger partial charge on any atom is 0.403 e. The second-order valence-electron chi connectivity index (χ2n) is 14.1. The molecular weight excluding hydrogens is 837 g/mol. The fraction of sp³-hybridized carbons (Fsp3) is 0.743. The lowest BCUT2D eigenvalue weighted by molar-refractivity contribution is -0.144. The van der Waals surface area contributed by atoms with E-state index in [0.717, 1.165) is 25.0 Å². The number of carbonyl (C=O) groups excluding carboxylic acids is 5. The second kappa shape index (κ2) is 28.9. The van der Waals surface area contributed by atoms with Crippen LogP contribution < -0.4 is 37.0 Å². The average Bonchev–Trinajstić information content (AvgIpc) is 3.71. The van der Waals surface area contributed by atoms with Crippen LogP contribution in [0.15, 0.2) is 0 Å². The Morgan fingerprint density at radius 3 is 1.77 bits per heavy atom. The standard InChI is InChI=1S/C29H50N5O15P.C6H10N2OS/c1-2-9-22(35)30-16-7-3-5-10-23(36)31-17-8-4-6-11-24(37)32-19(27(41)42)12-14-25(38)33-21(29(45)46)18-49-50(47,48)34-20(28(43)44)13-15-26(39)40;1-3-5-4(2-10-3)7-6(9)8-5/h19-21H,2-18H2,1H3,(H,30,35)(H,31,36)(H,32,37)(H,33,38)(H,39,40)(H,41,42)(H,43,44)(H,45,46)(H2,34,47,48);3-5H,2H2,1H3,(H2,7,8,9)/t19-,20-,21-;/m0./s1. The highest BCUT2D eigenvalue weighted by Crippen LogP contribution is 2.38. The number of hydrogen-bond acceptors (Lipinski definition) is 12. The van der Waals surface area contributed by atoms with Gasteiger partial charge in [-0.1, -0.05) is 26.7 Å². The molecule has 0 bridgehead atoms. The number of unbranched alkanes of at least 4 members (excludes halogenated alkanes) is 4. The number of fused-ring (bicyclic) bond motifs is 1. The molecule has 7 atom stereocenters. The first-order chi connectivity index (χ1) is 28.2. The Morgan fingerprint density at radius 2 is 1.23 bits per heavy atom. The minimum Gasteiger partial charge on any atom is -0.481 e. The van der Waals surface area contributed by atoms with Gasteiger partial charge in [-0.3, -0.25) is 33.3 Å². The van der Waals surface area contributed by atoms with E-state index >= 15 is 0 Å². The summed E-state index contributed by atoms with van der Waals surface area (Å²) in [6.45, 7) is 3.96. The van der Waals surface area contributed by atoms with E-state index in [1.165, 1.54) is 0 Å². The Hall–Kier alpha value is -4.51. The van der Waals surface area contributed by atoms with E-state index in [-0.39, 0.29) is 24.3 Å². The highest BCUT2D eigenvalue weighted by Gasteiger charge is 2.40. The van der Waals surface area contributed by atoms with Crippen molar-refractivity contribution in [1.29, 1.82) is 0 Å². The molecule has 6 amide bonds. The van der Waals surface area contributed by atoms with Crippen molar-refractivity contribution in [3.8, 4) is 0 Å². The SMILES string of the molecule is CC1SCC2NC(=O)NC21.CCCC(=O)NCCCCCC(=O)NCCCCCC(=O)N[C@@H](CCC(=O)N[C@@H](COP(=O)(O)N[C@@H](CCC(=O)O)C(=O)O)C(=O)O)C(=O)O. The summed E-state index contributed by atoms with van der Waals surface area (Å²) in [5.74, 6) is -6.80. The molecular formula is C35H60N7O16PS. The molecule has 2 aliphatic rings. The molecule has 25 heteroatoms. The molecule has 2 rings (SSSR count). The molecule has 0 aliphatic carbocycles. The number of amides is 6. The van der Waals surface area contributed by atoms with Gasteiger partial charge in [0.2, 0.25) is 23.6 Å². The summed E-state index contributed by atoms with van der Waals surface area (Å²) in [4.78, 5) is 114. The molecule has 2 heterocycles. The molecule has 0 saturated carbocycles. The molecule has 23 nitrogen and oxygen atoms in total. The van der Waals surface area contributed by atoms with Crippen LogP contribution in [-0.4, -0.2) is 140 Å². The largest absolute Gasteiger partial charge is 0.481 e. The van der Waals surface area contributed by atoms with Crippen LogP contribution in [0, 0.1) is 0 Å². The number of urea groups is 1. The summed E-state index contributed by atoms with van der Waals surface area (Å²) in [7, 11) is -4.98. The van der Waals surface area contributed by atoms with Gasteiger partial charge in [0, 0.05) is 56.2 Å². The van der Waals surface area contributed by atoms with Crippen LogP contribution in [0.25, 0.3) is 0 Å². The number of carboxylic acid groups (broad SMARTS) is 4. The molecule has 0 aromatic carbocycles. The average molecular weight is 898 g/mol. The number of rotatable bonds is 30. The van der Waals surface area contributed by atoms with Gasteiger partial charge >= 0.3 is 37.7 Å². The monoisotopic (exact) mass is 897 g/mol. The zero-order valence-corrected chi connectivity index (χ0v) is 35.5. The van der Waals surface area contributed by atoms with Crippen molar-refractivity contribution >= 4 is 73.0 Å². The first-order valence-electron chi connectivity index (χ1n) is 19.7. The van der Waals surface area contributed by atoms with Crippen LogP contribution >= 0.6 is 19.5 Å². The zero-order chi connectivity index (χ0) is 45.3. The van der Waals surface area contributed by atoms with E-state index in [1.807, 2.05) is 24.0 Å². The maximum absolute atomic E-state index is 12.3. The first kappa shape index (κ1) is 53.5. The third kappa shape index (κ3) is 23.9. The fourth-order valence-corrected chi connectivity index (χ4v) is 8.02. The lowest BCUT2D eigenvalue weighted by atomic mass is 10.1. The molecule has 2 saturated heterocycles. The van der Waals surface area contributed by atoms with E-state index in [1.54, 1.807) is 5.09 Å². The molecule has 0 radical (unpaired) electrons. The highest BCUT2D eigenvalue weighted by atomic mass is 32.2. The molecule has 0 spiro atoms. The summed E-state index contributed by atoms with van der Waals surface area (Å²) in [6, 6.07) is -4.46. The van der Waals surface area contributed by atoms with E-state index in [0.29, 0.717) is 68.9 Å². The van der Waals surface area contributed by atoms with Crippen LogP contribution in [0.1, 0.15) is 104 Å². The van der Waals surface area contributed by atoms with Gasteiger partial charge in [0.15, 0.2) is 6.04 Å². The van der Waals surface area contributed by atoms with Crippen molar-refractivity contribution in [3.05, 3.63) is 0 Å². The van der Waals surface area contributed by atoms with Crippen LogP contribution in [0.3, 0.4) is 0 Å². The molecule has 0 aromatic rings. The fourth-order valence-electron chi connectivity index (χ4n) is 5.70. The predicted molar refractivity (Wildman–Crippen MR) is 215 cm³/mol. The van der Waals surface area contributed by atoms with Crippen molar-refractivity contribution < 1.29 is 77.6 Å². The Bertz CT molecular complexity index is 1520. The second-order valence-corrected chi connectivity index (χ2v) is 17.1. The Balaban J connectivity index is 0.00000154. The number of thioether (sulfide) groups is 1. The number of nitrogens with one attached hydrogen (secondary N) is 7. The third-order valence-corrected chi connectivity index (χ3v) is 11.5. The minimum atomic E-state index is -4.98. The van der Waals surface area contributed by atoms with Gasteiger partial charge in [-0.05, 0) is 44.9 Å². The van der Waals surface area contributed by atoms with Crippen LogP contribution in [0.5, 0.6) is 0 Å². The lowest BCUT2D eigenvalue weighted by Crippen LogP contribution is -2.46. The highest BCUT2D eigenvalue weighted by molar-refractivity contribution is 8.00. The van der Waals surface area contributed by atoms with E-state index in [9.17, 15) is 62.8 Å². The van der Waals surface area contributed by atoms with E-state index in [2.05, 4.69) is 38.0 Å². The summed E-state index contributed by atoms with van der Waals surface area (Å²) in [5.41, 5.74) is 0. The number of aliphatic carboxylic acids is 4. The molecule has 12 N–H and O–H groups in total. The first-order valence-corrected chi connectivity index (χ1v) is 22.3. The zero-order valence-electron chi connectivity index (χ0n) is 33.8. The molecule has 2 aliphatic heterocycles. The summed E-state index contributed by atoms with van der Waals surface area (Å²) in [5, 5.41) is 54.5. The quantitative estimate of drug-likeness (QED) is 0.0261. The number of hydrogen-bond donors (Lipinski definition) is 12.